The number of rotatable bonds is 6. The van der Waals surface area contributed by atoms with E-state index in [9.17, 15) is 19.1 Å². The van der Waals surface area contributed by atoms with E-state index in [2.05, 4.69) is 11.8 Å². The average molecular weight is 369 g/mol. The zero-order valence-electron chi connectivity index (χ0n) is 15.7. The first-order valence-corrected chi connectivity index (χ1v) is 9.37. The summed E-state index contributed by atoms with van der Waals surface area (Å²) in [6, 6.07) is 11.2. The van der Waals surface area contributed by atoms with Crippen LogP contribution in [-0.4, -0.2) is 23.4 Å². The Balaban J connectivity index is 2.19. The molecule has 142 valence electrons. The molecule has 0 aliphatic carbocycles. The monoisotopic (exact) mass is 369 g/mol. The number of halogens is 1. The van der Waals surface area contributed by atoms with Crippen LogP contribution in [0.25, 0.3) is 0 Å². The van der Waals surface area contributed by atoms with Gasteiger partial charge in [0.2, 0.25) is 0 Å². The largest absolute Gasteiger partial charge is 0.478 e. The second-order valence-electron chi connectivity index (χ2n) is 7.04. The number of carboxylic acid groups (broad SMARTS) is 1. The highest BCUT2D eigenvalue weighted by atomic mass is 19.1. The Bertz CT molecular complexity index is 880. The molecule has 2 aromatic carbocycles. The molecule has 1 heterocycles. The fraction of sp³-hybridized carbons (Fsp3) is 0.364. The zero-order valence-corrected chi connectivity index (χ0v) is 15.7. The van der Waals surface area contributed by atoms with E-state index in [1.807, 2.05) is 13.0 Å². The van der Waals surface area contributed by atoms with E-state index in [-0.39, 0.29) is 23.6 Å². The van der Waals surface area contributed by atoms with E-state index in [0.717, 1.165) is 24.1 Å². The molecule has 0 radical (unpaired) electrons. The van der Waals surface area contributed by atoms with Gasteiger partial charge < -0.3 is 10.0 Å². The molecular formula is C22H24FNO3. The van der Waals surface area contributed by atoms with Crippen molar-refractivity contribution in [2.75, 3.05) is 11.4 Å². The lowest BCUT2D eigenvalue weighted by molar-refractivity contribution is 0.0697. The van der Waals surface area contributed by atoms with Gasteiger partial charge >= 0.3 is 5.97 Å². The lowest BCUT2D eigenvalue weighted by atomic mass is 9.75. The van der Waals surface area contributed by atoms with E-state index in [4.69, 9.17) is 0 Å². The van der Waals surface area contributed by atoms with Gasteiger partial charge in [0, 0.05) is 24.2 Å². The molecule has 0 aromatic heterocycles. The maximum Gasteiger partial charge on any atom is 0.335 e. The lowest BCUT2D eigenvalue weighted by Crippen LogP contribution is -2.51. The normalized spacial score (nSPS) is 19.1. The molecule has 1 aliphatic rings. The number of fused-ring (bicyclic) bond motifs is 1. The Labute approximate surface area is 158 Å². The highest BCUT2D eigenvalue weighted by molar-refractivity contribution is 6.06. The molecule has 3 rings (SSSR count). The van der Waals surface area contributed by atoms with Crippen molar-refractivity contribution in [3.05, 3.63) is 65.0 Å². The molecule has 0 bridgehead atoms. The maximum absolute atomic E-state index is 14.0. The van der Waals surface area contributed by atoms with Gasteiger partial charge in [0.25, 0.3) is 0 Å². The molecule has 1 unspecified atom stereocenters. The van der Waals surface area contributed by atoms with Crippen LogP contribution in [0.5, 0.6) is 0 Å². The summed E-state index contributed by atoms with van der Waals surface area (Å²) in [6.07, 6.45) is 2.75. The van der Waals surface area contributed by atoms with Crippen molar-refractivity contribution < 1.29 is 19.1 Å². The lowest BCUT2D eigenvalue weighted by Gasteiger charge is -2.49. The Hall–Kier alpha value is -2.69. The van der Waals surface area contributed by atoms with Crippen molar-refractivity contribution >= 4 is 17.4 Å². The molecule has 0 fully saturated rings. The third kappa shape index (κ3) is 3.34. The molecule has 0 spiro atoms. The number of carboxylic acids is 1. The topological polar surface area (TPSA) is 57.6 Å². The van der Waals surface area contributed by atoms with E-state index in [0.29, 0.717) is 18.5 Å². The Morgan fingerprint density at radius 1 is 1.22 bits per heavy atom. The number of unbranched alkanes of at least 4 members (excludes halogenated alkanes) is 1. The Morgan fingerprint density at radius 3 is 2.63 bits per heavy atom. The summed E-state index contributed by atoms with van der Waals surface area (Å²) < 4.78 is 14.0. The first-order chi connectivity index (χ1) is 12.9. The molecular weight excluding hydrogens is 345 g/mol. The van der Waals surface area contributed by atoms with E-state index >= 15 is 0 Å². The van der Waals surface area contributed by atoms with E-state index in [1.165, 1.54) is 24.3 Å². The molecule has 0 saturated carbocycles. The fourth-order valence-corrected chi connectivity index (χ4v) is 4.02. The number of hydrogen-bond acceptors (Lipinski definition) is 3. The highest BCUT2D eigenvalue weighted by Gasteiger charge is 2.44. The van der Waals surface area contributed by atoms with Crippen LogP contribution >= 0.6 is 0 Å². The second kappa shape index (κ2) is 7.51. The smallest absolute Gasteiger partial charge is 0.335 e. The fourth-order valence-electron chi connectivity index (χ4n) is 4.02. The molecule has 1 atom stereocenters. The number of carbonyl (C=O) groups excluding carboxylic acids is 1. The second-order valence-corrected chi connectivity index (χ2v) is 7.04. The number of ketones is 1. The molecule has 1 aliphatic heterocycles. The number of Topliss-reactive ketones (excluding diaryl/α,β-unsaturated/α-hetero) is 1. The van der Waals surface area contributed by atoms with E-state index in [1.54, 1.807) is 12.1 Å². The third-order valence-corrected chi connectivity index (χ3v) is 5.49. The van der Waals surface area contributed by atoms with Gasteiger partial charge in [0.1, 0.15) is 5.82 Å². The molecule has 0 saturated heterocycles. The SMILES string of the molecule is CCCCN1c2ccc(C(=O)O)cc2C(=O)CC1(CC)c1cccc(F)c1. The van der Waals surface area contributed by atoms with Crippen molar-refractivity contribution in [1.82, 2.24) is 0 Å². The van der Waals surface area contributed by atoms with Crippen molar-refractivity contribution in [2.45, 2.75) is 45.1 Å². The van der Waals surface area contributed by atoms with Crippen LogP contribution in [0.3, 0.4) is 0 Å². The summed E-state index contributed by atoms with van der Waals surface area (Å²) in [5.74, 6) is -1.48. The van der Waals surface area contributed by atoms with Crippen LogP contribution in [0.4, 0.5) is 10.1 Å². The number of nitrogens with zero attached hydrogens (tertiary/aromatic N) is 1. The highest BCUT2D eigenvalue weighted by Crippen LogP contribution is 2.45. The van der Waals surface area contributed by atoms with Crippen LogP contribution in [-0.2, 0) is 5.54 Å². The van der Waals surface area contributed by atoms with Gasteiger partial charge in [-0.15, -0.1) is 0 Å². The average Bonchev–Trinajstić information content (AvgIpc) is 2.66. The van der Waals surface area contributed by atoms with Gasteiger partial charge in [-0.25, -0.2) is 9.18 Å². The molecule has 5 heteroatoms. The first kappa shape index (κ1) is 19.1. The van der Waals surface area contributed by atoms with Crippen molar-refractivity contribution in [1.29, 1.82) is 0 Å². The predicted octanol–water partition coefficient (Wildman–Crippen LogP) is 5.02. The van der Waals surface area contributed by atoms with Crippen LogP contribution in [0.1, 0.15) is 65.8 Å². The standard InChI is InChI=1S/C22H24FNO3/c1-3-5-11-24-19-10-9-15(21(26)27)12-18(19)20(25)14-22(24,4-2)16-7-6-8-17(23)13-16/h6-10,12-13H,3-5,11,14H2,1-2H3,(H,26,27). The summed E-state index contributed by atoms with van der Waals surface area (Å²) in [7, 11) is 0. The quantitative estimate of drug-likeness (QED) is 0.776. The number of aromatic carboxylic acids is 1. The molecule has 27 heavy (non-hydrogen) atoms. The van der Waals surface area contributed by atoms with Crippen molar-refractivity contribution in [2.24, 2.45) is 0 Å². The Morgan fingerprint density at radius 2 is 2.00 bits per heavy atom. The van der Waals surface area contributed by atoms with Crippen molar-refractivity contribution in [3.8, 4) is 0 Å². The number of carbonyl (C=O) groups is 2. The minimum atomic E-state index is -1.05. The molecule has 2 aromatic rings. The number of hydrogen-bond donors (Lipinski definition) is 1. The van der Waals surface area contributed by atoms with Gasteiger partial charge in [-0.1, -0.05) is 32.4 Å². The van der Waals surface area contributed by atoms with Gasteiger partial charge in [-0.05, 0) is 48.7 Å². The van der Waals surface area contributed by atoms with E-state index < -0.39 is 11.5 Å². The first-order valence-electron chi connectivity index (χ1n) is 9.37. The molecule has 0 amide bonds. The summed E-state index contributed by atoms with van der Waals surface area (Å²) in [4.78, 5) is 26.5. The summed E-state index contributed by atoms with van der Waals surface area (Å²) >= 11 is 0. The molecule has 4 nitrogen and oxygen atoms in total. The van der Waals surface area contributed by atoms with Gasteiger partial charge in [-0.2, -0.15) is 0 Å². The third-order valence-electron chi connectivity index (χ3n) is 5.49. The van der Waals surface area contributed by atoms with Crippen LogP contribution in [0.2, 0.25) is 0 Å². The minimum Gasteiger partial charge on any atom is -0.478 e. The van der Waals surface area contributed by atoms with Crippen LogP contribution < -0.4 is 4.90 Å². The zero-order chi connectivity index (χ0) is 19.6. The van der Waals surface area contributed by atoms with Gasteiger partial charge in [0.15, 0.2) is 5.78 Å². The van der Waals surface area contributed by atoms with Crippen LogP contribution in [0.15, 0.2) is 42.5 Å². The predicted molar refractivity (Wildman–Crippen MR) is 103 cm³/mol. The summed E-state index contributed by atoms with van der Waals surface area (Å²) in [5.41, 5.74) is 1.42. The van der Waals surface area contributed by atoms with Gasteiger partial charge in [-0.3, -0.25) is 4.79 Å². The van der Waals surface area contributed by atoms with Crippen molar-refractivity contribution in [3.63, 3.8) is 0 Å². The number of anilines is 1. The number of benzene rings is 2. The summed E-state index contributed by atoms with van der Waals surface area (Å²) in [6.45, 7) is 4.82. The Kier molecular flexibility index (Phi) is 5.31. The van der Waals surface area contributed by atoms with Gasteiger partial charge in [0.05, 0.1) is 11.1 Å². The maximum atomic E-state index is 14.0. The summed E-state index contributed by atoms with van der Waals surface area (Å²) in [5, 5.41) is 9.27. The van der Waals surface area contributed by atoms with Crippen LogP contribution in [0, 0.1) is 5.82 Å². The molecule has 1 N–H and O–H groups in total. The minimum absolute atomic E-state index is 0.104.